The number of nitrogens with one attached hydrogen (secondary N) is 1. The van der Waals surface area contributed by atoms with E-state index in [0.29, 0.717) is 17.0 Å². The van der Waals surface area contributed by atoms with Crippen LogP contribution in [-0.2, 0) is 10.4 Å². The Hall–Kier alpha value is -1.86. The topological polar surface area (TPSA) is 218 Å². The molecule has 0 unspecified atom stereocenters. The molecule has 98 valence electrons. The monoisotopic (exact) mass is 269 g/mol. The predicted molar refractivity (Wildman–Crippen MR) is 57.5 cm³/mol. The van der Waals surface area contributed by atoms with Crippen molar-refractivity contribution in [2.45, 2.75) is 0 Å². The average Bonchev–Trinajstić information content (AvgIpc) is 2.49. The van der Waals surface area contributed by atoms with Crippen LogP contribution in [-0.4, -0.2) is 48.4 Å². The van der Waals surface area contributed by atoms with Gasteiger partial charge in [0, 0.05) is 0 Å². The van der Waals surface area contributed by atoms with E-state index in [0.717, 1.165) is 0 Å². The number of hydrogen-bond donors (Lipinski definition) is 4. The maximum atomic E-state index is 8.74. The Labute approximate surface area is 94.9 Å². The Bertz CT molecular complexity index is 545. The van der Waals surface area contributed by atoms with Gasteiger partial charge in [-0.2, -0.15) is 8.42 Å². The number of H-pyrrole nitrogens is 1. The third-order valence-corrected chi connectivity index (χ3v) is 1.25. The Balaban J connectivity index is 0. The Kier molecular flexibility index (Phi) is 6.87. The number of fused-ring (bicyclic) bond motifs is 1. The Morgan fingerprint density at radius 1 is 1.18 bits per heavy atom. The van der Waals surface area contributed by atoms with Crippen LogP contribution in [0.3, 0.4) is 0 Å². The normalized spacial score (nSPS) is 9.53. The SMILES string of the molecule is Nc1ncnc2nc[nH]c12.O.O.O=S(=O)(O)O. The molecule has 2 heterocycles. The van der Waals surface area contributed by atoms with E-state index >= 15 is 0 Å². The van der Waals surface area contributed by atoms with Crippen molar-refractivity contribution in [1.29, 1.82) is 0 Å². The second-order valence-electron chi connectivity index (χ2n) is 2.31. The largest absolute Gasteiger partial charge is 0.412 e. The third-order valence-electron chi connectivity index (χ3n) is 1.25. The lowest BCUT2D eigenvalue weighted by molar-refractivity contribution is 0.381. The fourth-order valence-corrected chi connectivity index (χ4v) is 0.784. The van der Waals surface area contributed by atoms with Gasteiger partial charge in [-0.1, -0.05) is 0 Å². The van der Waals surface area contributed by atoms with Gasteiger partial charge in [0.1, 0.15) is 11.8 Å². The molecule has 0 amide bonds. The number of rotatable bonds is 0. The van der Waals surface area contributed by atoms with Crippen molar-refractivity contribution in [3.05, 3.63) is 12.7 Å². The Morgan fingerprint density at radius 2 is 1.71 bits per heavy atom. The molecule has 0 bridgehead atoms. The van der Waals surface area contributed by atoms with Gasteiger partial charge in [0.2, 0.25) is 0 Å². The van der Waals surface area contributed by atoms with Crippen molar-refractivity contribution in [2.75, 3.05) is 5.73 Å². The van der Waals surface area contributed by atoms with Crippen LogP contribution in [0.4, 0.5) is 5.82 Å². The highest BCUT2D eigenvalue weighted by atomic mass is 32.3. The summed E-state index contributed by atoms with van der Waals surface area (Å²) >= 11 is 0. The minimum Gasteiger partial charge on any atom is -0.412 e. The molecule has 9 N–H and O–H groups in total. The number of anilines is 1. The second kappa shape index (κ2) is 6.66. The van der Waals surface area contributed by atoms with Gasteiger partial charge in [0.05, 0.1) is 6.33 Å². The van der Waals surface area contributed by atoms with Crippen LogP contribution in [0.25, 0.3) is 11.2 Å². The van der Waals surface area contributed by atoms with Crippen LogP contribution in [0, 0.1) is 0 Å². The number of aromatic amines is 1. The van der Waals surface area contributed by atoms with Crippen molar-refractivity contribution in [3.63, 3.8) is 0 Å². The zero-order valence-corrected chi connectivity index (χ0v) is 9.01. The molecular weight excluding hydrogens is 258 g/mol. The second-order valence-corrected chi connectivity index (χ2v) is 3.20. The fourth-order valence-electron chi connectivity index (χ4n) is 0.784. The van der Waals surface area contributed by atoms with Gasteiger partial charge in [0.25, 0.3) is 0 Å². The summed E-state index contributed by atoms with van der Waals surface area (Å²) in [5, 5.41) is 0. The summed E-state index contributed by atoms with van der Waals surface area (Å²) in [7, 11) is -4.67. The van der Waals surface area contributed by atoms with Gasteiger partial charge in [-0.3, -0.25) is 9.11 Å². The molecule has 11 nitrogen and oxygen atoms in total. The van der Waals surface area contributed by atoms with Crippen molar-refractivity contribution < 1.29 is 28.5 Å². The minimum atomic E-state index is -4.67. The first-order valence-corrected chi connectivity index (χ1v) is 4.87. The summed E-state index contributed by atoms with van der Waals surface area (Å²) in [6.45, 7) is 0. The van der Waals surface area contributed by atoms with Crippen molar-refractivity contribution >= 4 is 27.4 Å². The molecule has 0 spiro atoms. The van der Waals surface area contributed by atoms with Gasteiger partial charge in [-0.25, -0.2) is 15.0 Å². The smallest absolute Gasteiger partial charge is 0.394 e. The molecule has 0 aromatic carbocycles. The molecule has 0 aliphatic rings. The molecule has 0 saturated heterocycles. The number of aromatic nitrogens is 4. The molecule has 0 atom stereocenters. The minimum absolute atomic E-state index is 0. The summed E-state index contributed by atoms with van der Waals surface area (Å²) in [6.07, 6.45) is 2.92. The van der Waals surface area contributed by atoms with Gasteiger partial charge in [-0.15, -0.1) is 0 Å². The molecule has 17 heavy (non-hydrogen) atoms. The average molecular weight is 269 g/mol. The highest BCUT2D eigenvalue weighted by molar-refractivity contribution is 7.79. The first-order valence-electron chi connectivity index (χ1n) is 3.47. The summed E-state index contributed by atoms with van der Waals surface area (Å²) in [5.41, 5.74) is 6.78. The van der Waals surface area contributed by atoms with Crippen LogP contribution >= 0.6 is 0 Å². The first-order chi connectivity index (χ1) is 6.88. The molecule has 12 heteroatoms. The summed E-state index contributed by atoms with van der Waals surface area (Å²) in [5.74, 6) is 0.433. The van der Waals surface area contributed by atoms with Crippen molar-refractivity contribution in [2.24, 2.45) is 0 Å². The number of hydrogen-bond acceptors (Lipinski definition) is 6. The molecule has 0 aliphatic carbocycles. The third kappa shape index (κ3) is 6.33. The molecule has 2 aromatic rings. The number of nitrogens with two attached hydrogens (primary N) is 1. The standard InChI is InChI=1S/C5H5N5.H2O4S.2H2O/c6-4-3-5(9-1-7-3)10-2-8-4;1-5(2,3)4;;/h1-2H,(H3,6,7,8,9,10);(H2,1,2,3,4);2*1H2. The van der Waals surface area contributed by atoms with E-state index in [1.165, 1.54) is 12.7 Å². The summed E-state index contributed by atoms with van der Waals surface area (Å²) in [4.78, 5) is 14.4. The highest BCUT2D eigenvalue weighted by Gasteiger charge is 1.99. The quantitative estimate of drug-likeness (QED) is 0.377. The van der Waals surface area contributed by atoms with E-state index in [1.807, 2.05) is 0 Å². The lowest BCUT2D eigenvalue weighted by atomic mass is 10.5. The molecule has 0 aliphatic heterocycles. The molecule has 0 saturated carbocycles. The molecule has 2 aromatic heterocycles. The van der Waals surface area contributed by atoms with Crippen LogP contribution in [0.5, 0.6) is 0 Å². The van der Waals surface area contributed by atoms with Gasteiger partial charge >= 0.3 is 10.4 Å². The van der Waals surface area contributed by atoms with Crippen LogP contribution in [0.2, 0.25) is 0 Å². The number of imidazole rings is 1. The summed E-state index contributed by atoms with van der Waals surface area (Å²) in [6, 6.07) is 0. The first kappa shape index (κ1) is 17.5. The Morgan fingerprint density at radius 3 is 2.18 bits per heavy atom. The molecule has 0 radical (unpaired) electrons. The predicted octanol–water partition coefficient (Wildman–Crippen LogP) is -2.37. The molecular formula is C5H11N5O6S. The highest BCUT2D eigenvalue weighted by Crippen LogP contribution is 2.09. The van der Waals surface area contributed by atoms with Gasteiger partial charge in [-0.05, 0) is 0 Å². The zero-order chi connectivity index (χ0) is 11.5. The maximum Gasteiger partial charge on any atom is 0.394 e. The lowest BCUT2D eigenvalue weighted by Gasteiger charge is -1.89. The number of nitrogen functional groups attached to an aromatic ring is 1. The van der Waals surface area contributed by atoms with Crippen LogP contribution in [0.1, 0.15) is 0 Å². The van der Waals surface area contributed by atoms with Gasteiger partial charge < -0.3 is 21.7 Å². The number of nitrogens with zero attached hydrogens (tertiary/aromatic N) is 3. The summed E-state index contributed by atoms with van der Waals surface area (Å²) < 4.78 is 31.6. The zero-order valence-electron chi connectivity index (χ0n) is 8.19. The van der Waals surface area contributed by atoms with E-state index in [1.54, 1.807) is 0 Å². The maximum absolute atomic E-state index is 8.74. The van der Waals surface area contributed by atoms with E-state index in [-0.39, 0.29) is 11.0 Å². The van der Waals surface area contributed by atoms with Crippen LogP contribution < -0.4 is 5.73 Å². The van der Waals surface area contributed by atoms with Crippen molar-refractivity contribution in [1.82, 2.24) is 19.9 Å². The van der Waals surface area contributed by atoms with Crippen LogP contribution in [0.15, 0.2) is 12.7 Å². The molecule has 2 rings (SSSR count). The van der Waals surface area contributed by atoms with E-state index in [4.69, 9.17) is 23.3 Å². The van der Waals surface area contributed by atoms with E-state index in [2.05, 4.69) is 19.9 Å². The van der Waals surface area contributed by atoms with E-state index in [9.17, 15) is 0 Å². The van der Waals surface area contributed by atoms with E-state index < -0.39 is 10.4 Å². The lowest BCUT2D eigenvalue weighted by Crippen LogP contribution is -1.91. The van der Waals surface area contributed by atoms with Gasteiger partial charge in [0.15, 0.2) is 11.5 Å². The fraction of sp³-hybridized carbons (Fsp3) is 0. The molecule has 0 fully saturated rings. The van der Waals surface area contributed by atoms with Crippen molar-refractivity contribution in [3.8, 4) is 0 Å².